The number of carboxylic acids is 1. The quantitative estimate of drug-likeness (QED) is 0.207. The fraction of sp³-hybridized carbons (Fsp3) is 0.294. The number of pyridine rings is 1. The smallest absolute Gasteiger partial charge is 0.418 e. The number of fused-ring (bicyclic) bond motifs is 4. The van der Waals surface area contributed by atoms with Crippen LogP contribution in [0.4, 0.5) is 18.9 Å². The number of rotatable bonds is 7. The van der Waals surface area contributed by atoms with Crippen molar-refractivity contribution in [1.29, 1.82) is 5.26 Å². The van der Waals surface area contributed by atoms with Crippen molar-refractivity contribution >= 4 is 61.5 Å². The molecular weight excluding hydrogens is 709 g/mol. The molecule has 0 saturated carbocycles. The van der Waals surface area contributed by atoms with Crippen LogP contribution in [-0.4, -0.2) is 80.0 Å². The fourth-order valence-electron chi connectivity index (χ4n) is 6.47. The molecule has 0 radical (unpaired) electrons. The summed E-state index contributed by atoms with van der Waals surface area (Å²) in [4.78, 5) is 38.4. The van der Waals surface area contributed by atoms with Crippen molar-refractivity contribution in [2.24, 2.45) is 0 Å². The van der Waals surface area contributed by atoms with Crippen molar-refractivity contribution < 1.29 is 27.8 Å². The predicted octanol–water partition coefficient (Wildman–Crippen LogP) is 6.01. The van der Waals surface area contributed by atoms with E-state index >= 15 is 0 Å². The number of benzene rings is 2. The second-order valence-corrected chi connectivity index (χ2v) is 13.5. The van der Waals surface area contributed by atoms with E-state index in [9.17, 15) is 33.1 Å². The number of carboxylic acid groups (broad SMARTS) is 1. The van der Waals surface area contributed by atoms with E-state index in [0.29, 0.717) is 50.9 Å². The van der Waals surface area contributed by atoms with Crippen LogP contribution in [0.15, 0.2) is 40.5 Å². The van der Waals surface area contributed by atoms with E-state index < -0.39 is 23.3 Å². The molecule has 262 valence electrons. The maximum atomic E-state index is 14.6. The number of carbonyl (C=O) groups is 1. The number of halogens is 4. The van der Waals surface area contributed by atoms with E-state index in [2.05, 4.69) is 15.1 Å². The molecular formula is C34H28ClF3N8O4S. The number of aromatic nitrogens is 5. The molecule has 1 aliphatic rings. The van der Waals surface area contributed by atoms with Crippen LogP contribution in [0.1, 0.15) is 33.0 Å². The second kappa shape index (κ2) is 12.8. The lowest BCUT2D eigenvalue weighted by atomic mass is 10.00. The Bertz CT molecular complexity index is 2500. The monoisotopic (exact) mass is 736 g/mol. The Balaban J connectivity index is 1.33. The molecule has 7 rings (SSSR count). The van der Waals surface area contributed by atoms with E-state index in [0.717, 1.165) is 10.6 Å². The van der Waals surface area contributed by atoms with E-state index in [1.807, 2.05) is 18.0 Å². The third kappa shape index (κ3) is 6.00. The van der Waals surface area contributed by atoms with Gasteiger partial charge in [0.05, 0.1) is 50.0 Å². The largest absolute Gasteiger partial charge is 0.491 e. The Kier molecular flexibility index (Phi) is 8.60. The van der Waals surface area contributed by atoms with Gasteiger partial charge in [0.1, 0.15) is 24.3 Å². The van der Waals surface area contributed by atoms with Gasteiger partial charge in [0.15, 0.2) is 0 Å². The Hall–Kier alpha value is -5.24. The van der Waals surface area contributed by atoms with E-state index in [1.54, 1.807) is 38.1 Å². The lowest BCUT2D eigenvalue weighted by Gasteiger charge is -2.36. The minimum atomic E-state index is -4.82. The van der Waals surface area contributed by atoms with Crippen molar-refractivity contribution in [3.05, 3.63) is 79.3 Å². The molecule has 5 heterocycles. The molecule has 1 fully saturated rings. The van der Waals surface area contributed by atoms with Crippen LogP contribution >= 0.6 is 22.9 Å². The number of nitriles is 1. The van der Waals surface area contributed by atoms with Crippen molar-refractivity contribution in [3.8, 4) is 22.9 Å². The van der Waals surface area contributed by atoms with Gasteiger partial charge >= 0.3 is 12.1 Å². The van der Waals surface area contributed by atoms with E-state index in [1.165, 1.54) is 26.2 Å². The lowest BCUT2D eigenvalue weighted by Crippen LogP contribution is -2.45. The molecule has 1 saturated heterocycles. The van der Waals surface area contributed by atoms with Crippen molar-refractivity contribution in [1.82, 2.24) is 29.0 Å². The van der Waals surface area contributed by atoms with E-state index in [-0.39, 0.29) is 65.6 Å². The minimum Gasteiger partial charge on any atom is -0.491 e. The first-order valence-corrected chi connectivity index (χ1v) is 16.9. The summed E-state index contributed by atoms with van der Waals surface area (Å²) in [5.74, 6) is -0.529. The molecule has 17 heteroatoms. The van der Waals surface area contributed by atoms with E-state index in [4.69, 9.17) is 16.3 Å². The summed E-state index contributed by atoms with van der Waals surface area (Å²) in [6.07, 6.45) is -4.82. The Morgan fingerprint density at radius 3 is 2.55 bits per heavy atom. The number of thiophene rings is 1. The van der Waals surface area contributed by atoms with Gasteiger partial charge in [-0.3, -0.25) is 14.3 Å². The summed E-state index contributed by atoms with van der Waals surface area (Å²) < 4.78 is 53.2. The van der Waals surface area contributed by atoms with Crippen molar-refractivity contribution in [3.63, 3.8) is 0 Å². The molecule has 51 heavy (non-hydrogen) atoms. The lowest BCUT2D eigenvalue weighted by molar-refractivity contribution is -0.137. The number of likely N-dealkylation sites (N-methyl/N-ethyl adjacent to an activating group) is 1. The highest BCUT2D eigenvalue weighted by Gasteiger charge is 2.39. The first kappa shape index (κ1) is 34.2. The van der Waals surface area contributed by atoms with Crippen LogP contribution in [0.25, 0.3) is 38.0 Å². The highest BCUT2D eigenvalue weighted by atomic mass is 35.5. The summed E-state index contributed by atoms with van der Waals surface area (Å²) in [5.41, 5.74) is -0.423. The van der Waals surface area contributed by atoms with Crippen molar-refractivity contribution in [2.75, 3.05) is 44.7 Å². The van der Waals surface area contributed by atoms with Gasteiger partial charge < -0.3 is 19.6 Å². The zero-order valence-electron chi connectivity index (χ0n) is 27.4. The van der Waals surface area contributed by atoms with Crippen LogP contribution < -0.4 is 15.2 Å². The molecule has 0 atom stereocenters. The summed E-state index contributed by atoms with van der Waals surface area (Å²) in [6, 6.07) is 9.57. The van der Waals surface area contributed by atoms with Gasteiger partial charge in [0.25, 0.3) is 5.56 Å². The maximum Gasteiger partial charge on any atom is 0.418 e. The molecule has 0 spiro atoms. The van der Waals surface area contributed by atoms with Gasteiger partial charge in [-0.15, -0.1) is 16.4 Å². The summed E-state index contributed by atoms with van der Waals surface area (Å²) in [6.45, 7) is 4.52. The normalized spacial score (nSPS) is 14.1. The molecule has 4 aromatic heterocycles. The van der Waals surface area contributed by atoms with Gasteiger partial charge in [-0.25, -0.2) is 4.79 Å². The molecule has 0 aliphatic carbocycles. The molecule has 12 nitrogen and oxygen atoms in total. The zero-order valence-corrected chi connectivity index (χ0v) is 28.9. The second-order valence-electron chi connectivity index (χ2n) is 12.2. The number of hydrogen-bond acceptors (Lipinski definition) is 10. The van der Waals surface area contributed by atoms with Crippen LogP contribution in [0.5, 0.6) is 5.75 Å². The fourth-order valence-corrected chi connectivity index (χ4v) is 7.65. The summed E-state index contributed by atoms with van der Waals surface area (Å²) in [5, 5.41) is 26.1. The average Bonchev–Trinajstić information content (AvgIpc) is 3.69. The molecule has 0 bridgehead atoms. The molecule has 6 aromatic rings. The topological polar surface area (TPSA) is 142 Å². The van der Waals surface area contributed by atoms with Gasteiger partial charge in [-0.05, 0) is 51.2 Å². The standard InChI is InChI=1S/C34H28ClF3N8O4S/c1-17-12-21(30-28(40-17)23(16-51-30)32(48)49)20-13-19(35)4-5-26(20)50-11-10-45-31(47)27-22(15-39)29(44-8-6-43(3)7-9-44)24(34(36,37)38)14-25(27)46-33(45)41-18(2)42-46/h4-5,12-14,16H,6-11H2,1-3H3,(H,48,49). The Morgan fingerprint density at radius 2 is 1.86 bits per heavy atom. The number of aryl methyl sites for hydroxylation is 2. The predicted molar refractivity (Wildman–Crippen MR) is 186 cm³/mol. The number of nitrogens with zero attached hydrogens (tertiary/aromatic N) is 8. The number of piperazine rings is 1. The van der Waals surface area contributed by atoms with Gasteiger partial charge in [-0.1, -0.05) is 11.6 Å². The Labute approximate surface area is 296 Å². The number of hydrogen-bond donors (Lipinski definition) is 1. The average molecular weight is 737 g/mol. The molecule has 1 N–H and O–H groups in total. The van der Waals surface area contributed by atoms with Crippen LogP contribution in [0, 0.1) is 25.2 Å². The number of alkyl halides is 3. The van der Waals surface area contributed by atoms with Gasteiger partial charge in [-0.2, -0.15) is 27.9 Å². The molecule has 1 aliphatic heterocycles. The van der Waals surface area contributed by atoms with Gasteiger partial charge in [0, 0.05) is 53.4 Å². The minimum absolute atomic E-state index is 0.0134. The third-order valence-electron chi connectivity index (χ3n) is 8.83. The van der Waals surface area contributed by atoms with Crippen molar-refractivity contribution in [2.45, 2.75) is 26.6 Å². The number of anilines is 1. The molecule has 2 aromatic carbocycles. The number of ether oxygens (including phenoxy) is 1. The molecule has 0 amide bonds. The Morgan fingerprint density at radius 1 is 1.12 bits per heavy atom. The van der Waals surface area contributed by atoms with Crippen LogP contribution in [0.3, 0.4) is 0 Å². The SMILES string of the molecule is Cc1cc(-c2cc(Cl)ccc2OCCn2c(=O)c3c(C#N)c(N4CCN(C)CC4)c(C(F)(F)F)cc3n3nc(C)nc23)c2scc(C(=O)O)c2n1. The zero-order chi connectivity index (χ0) is 36.4. The van der Waals surface area contributed by atoms with Crippen LogP contribution in [-0.2, 0) is 12.7 Å². The highest BCUT2D eigenvalue weighted by molar-refractivity contribution is 7.18. The number of aromatic carboxylic acids is 1. The van der Waals surface area contributed by atoms with Crippen LogP contribution in [0.2, 0.25) is 5.02 Å². The molecule has 0 unspecified atom stereocenters. The third-order valence-corrected chi connectivity index (χ3v) is 10.1. The first-order valence-electron chi connectivity index (χ1n) is 15.7. The maximum absolute atomic E-state index is 14.6. The first-order chi connectivity index (χ1) is 24.3. The van der Waals surface area contributed by atoms with Gasteiger partial charge in [0.2, 0.25) is 5.78 Å². The summed E-state index contributed by atoms with van der Waals surface area (Å²) in [7, 11) is 1.86. The summed E-state index contributed by atoms with van der Waals surface area (Å²) >= 11 is 7.63. The highest BCUT2D eigenvalue weighted by Crippen LogP contribution is 2.43.